The summed E-state index contributed by atoms with van der Waals surface area (Å²) in [6.45, 7) is 0. The summed E-state index contributed by atoms with van der Waals surface area (Å²) in [4.78, 5) is 29.8. The van der Waals surface area contributed by atoms with Gasteiger partial charge >= 0.3 is 5.97 Å². The Bertz CT molecular complexity index is 1200. The number of amides is 1. The van der Waals surface area contributed by atoms with Gasteiger partial charge in [0.25, 0.3) is 0 Å². The summed E-state index contributed by atoms with van der Waals surface area (Å²) in [5, 5.41) is 0. The van der Waals surface area contributed by atoms with E-state index in [4.69, 9.17) is 4.74 Å². The van der Waals surface area contributed by atoms with E-state index in [2.05, 4.69) is 42.3 Å². The van der Waals surface area contributed by atoms with Gasteiger partial charge in [-0.2, -0.15) is 0 Å². The lowest BCUT2D eigenvalue weighted by Gasteiger charge is -2.55. The van der Waals surface area contributed by atoms with Gasteiger partial charge in [-0.25, -0.2) is 0 Å². The molecule has 1 aromatic rings. The van der Waals surface area contributed by atoms with Crippen LogP contribution in [0.25, 0.3) is 0 Å². The van der Waals surface area contributed by atoms with Crippen molar-refractivity contribution in [3.8, 4) is 0 Å². The van der Waals surface area contributed by atoms with Crippen molar-refractivity contribution in [1.82, 2.24) is 4.90 Å². The number of hydrogen-bond donors (Lipinski definition) is 0. The Morgan fingerprint density at radius 3 is 2.31 bits per heavy atom. The van der Waals surface area contributed by atoms with Gasteiger partial charge in [-0.15, -0.1) is 0 Å². The molecule has 0 N–H and O–H groups in total. The lowest BCUT2D eigenvalue weighted by molar-refractivity contribution is -0.156. The minimum absolute atomic E-state index is 0.116. The number of methoxy groups -OCH3 is 1. The molecule has 0 aromatic heterocycles. The Hall–Kier alpha value is -1.84. The van der Waals surface area contributed by atoms with E-state index in [1.807, 2.05) is 0 Å². The molecule has 228 valence electrons. The van der Waals surface area contributed by atoms with Crippen LogP contribution in [-0.4, -0.2) is 37.0 Å². The first kappa shape index (κ1) is 27.7. The largest absolute Gasteiger partial charge is 0.469 e. The highest BCUT2D eigenvalue weighted by atomic mass is 16.5. The minimum atomic E-state index is -0.208. The summed E-state index contributed by atoms with van der Waals surface area (Å²) in [7, 11) is 3.76. The van der Waals surface area contributed by atoms with Crippen LogP contribution in [-0.2, 0) is 14.3 Å². The molecule has 6 bridgehead atoms. The average Bonchev–Trinajstić information content (AvgIpc) is 3.30. The van der Waals surface area contributed by atoms with Gasteiger partial charge in [0.05, 0.1) is 12.5 Å². The van der Waals surface area contributed by atoms with Crippen molar-refractivity contribution in [1.29, 1.82) is 0 Å². The molecule has 7 saturated carbocycles. The maximum atomic E-state index is 14.1. The molecule has 7 fully saturated rings. The van der Waals surface area contributed by atoms with E-state index in [9.17, 15) is 9.59 Å². The van der Waals surface area contributed by atoms with Crippen LogP contribution in [0.2, 0.25) is 0 Å². The van der Waals surface area contributed by atoms with Crippen LogP contribution in [0.15, 0.2) is 30.3 Å². The Balaban J connectivity index is 0.976. The molecule has 4 nitrogen and oxygen atoms in total. The van der Waals surface area contributed by atoms with Gasteiger partial charge in [-0.1, -0.05) is 43.2 Å². The molecule has 7 aliphatic carbocycles. The molecule has 8 rings (SSSR count). The van der Waals surface area contributed by atoms with Gasteiger partial charge in [0.15, 0.2) is 0 Å². The van der Waals surface area contributed by atoms with Crippen molar-refractivity contribution < 1.29 is 14.3 Å². The van der Waals surface area contributed by atoms with Crippen LogP contribution in [0, 0.1) is 51.8 Å². The molecule has 0 heterocycles. The Morgan fingerprint density at radius 1 is 0.810 bits per heavy atom. The zero-order chi connectivity index (χ0) is 28.7. The molecule has 1 amide bonds. The normalized spacial score (nSPS) is 47.1. The van der Waals surface area contributed by atoms with Crippen molar-refractivity contribution in [3.05, 3.63) is 35.9 Å². The maximum absolute atomic E-state index is 14.1. The Labute approximate surface area is 253 Å². The molecule has 0 spiro atoms. The monoisotopic (exact) mass is 571 g/mol. The standard InChI is InChI=1S/C38H53NO3/c1-39(33-12-10-28(11-13-33)27-8-4-3-5-9-27)34(40)29-15-26-16-30-21-36(20-26,22-31(30)18-29)37-19-25-7-6-14-38(24-37,35(41)42-2)32(17-25)23-37/h3-5,8-9,25-26,28-33H,6-7,10-24H2,1-2H3. The van der Waals surface area contributed by atoms with Crippen LogP contribution >= 0.6 is 0 Å². The number of benzene rings is 1. The van der Waals surface area contributed by atoms with E-state index >= 15 is 0 Å². The average molecular weight is 572 g/mol. The first-order valence-corrected chi connectivity index (χ1v) is 17.7. The molecule has 9 unspecified atom stereocenters. The van der Waals surface area contributed by atoms with Crippen LogP contribution in [0.4, 0.5) is 0 Å². The van der Waals surface area contributed by atoms with Crippen molar-refractivity contribution in [2.75, 3.05) is 14.2 Å². The second kappa shape index (κ2) is 10.1. The van der Waals surface area contributed by atoms with E-state index in [0.717, 1.165) is 50.4 Å². The molecule has 9 atom stereocenters. The number of rotatable bonds is 5. The fourth-order valence-corrected chi connectivity index (χ4v) is 13.5. The fraction of sp³-hybridized carbons (Fsp3) is 0.789. The second-order valence-electron chi connectivity index (χ2n) is 16.8. The van der Waals surface area contributed by atoms with Crippen LogP contribution in [0.1, 0.15) is 121 Å². The first-order valence-electron chi connectivity index (χ1n) is 17.7. The number of carbonyl (C=O) groups excluding carboxylic acids is 2. The topological polar surface area (TPSA) is 46.6 Å². The van der Waals surface area contributed by atoms with Crippen molar-refractivity contribution in [2.45, 2.75) is 121 Å². The van der Waals surface area contributed by atoms with Gasteiger partial charge in [0, 0.05) is 19.0 Å². The molecule has 42 heavy (non-hydrogen) atoms. The number of hydrogen-bond acceptors (Lipinski definition) is 3. The van der Waals surface area contributed by atoms with E-state index in [-0.39, 0.29) is 17.3 Å². The zero-order valence-electron chi connectivity index (χ0n) is 26.2. The van der Waals surface area contributed by atoms with E-state index in [0.29, 0.717) is 46.5 Å². The predicted molar refractivity (Wildman–Crippen MR) is 164 cm³/mol. The zero-order valence-corrected chi connectivity index (χ0v) is 26.2. The molecule has 1 aromatic carbocycles. The number of nitrogens with zero attached hydrogens (tertiary/aromatic N) is 1. The minimum Gasteiger partial charge on any atom is -0.469 e. The second-order valence-corrected chi connectivity index (χ2v) is 16.8. The number of fused-ring (bicyclic) bond motifs is 5. The summed E-state index contributed by atoms with van der Waals surface area (Å²) >= 11 is 0. The molecule has 7 aliphatic rings. The van der Waals surface area contributed by atoms with Gasteiger partial charge in [0.1, 0.15) is 0 Å². The third kappa shape index (κ3) is 4.12. The molecule has 0 saturated heterocycles. The van der Waals surface area contributed by atoms with E-state index < -0.39 is 0 Å². The lowest BCUT2D eigenvalue weighted by atomic mass is 9.50. The molecule has 0 radical (unpaired) electrons. The van der Waals surface area contributed by atoms with Crippen LogP contribution in [0.5, 0.6) is 0 Å². The summed E-state index contributed by atoms with van der Waals surface area (Å²) < 4.78 is 5.56. The van der Waals surface area contributed by atoms with Crippen molar-refractivity contribution in [3.63, 3.8) is 0 Å². The van der Waals surface area contributed by atoms with Gasteiger partial charge in [0.2, 0.25) is 5.91 Å². The van der Waals surface area contributed by atoms with Crippen LogP contribution in [0.3, 0.4) is 0 Å². The number of ether oxygens (including phenoxy) is 1. The smallest absolute Gasteiger partial charge is 0.312 e. The Kier molecular flexibility index (Phi) is 6.66. The fourth-order valence-electron chi connectivity index (χ4n) is 13.5. The first-order chi connectivity index (χ1) is 20.3. The van der Waals surface area contributed by atoms with Gasteiger partial charge < -0.3 is 9.64 Å². The molecular weight excluding hydrogens is 518 g/mol. The lowest BCUT2D eigenvalue weighted by Crippen LogP contribution is -2.47. The van der Waals surface area contributed by atoms with Crippen molar-refractivity contribution in [2.24, 2.45) is 51.8 Å². The predicted octanol–water partition coefficient (Wildman–Crippen LogP) is 8.15. The molecule has 0 aliphatic heterocycles. The van der Waals surface area contributed by atoms with E-state index in [1.54, 1.807) is 7.11 Å². The molecular formula is C38H53NO3. The highest BCUT2D eigenvalue weighted by Crippen LogP contribution is 2.78. The van der Waals surface area contributed by atoms with Crippen molar-refractivity contribution >= 4 is 11.9 Å². The molecule has 4 heteroatoms. The summed E-state index contributed by atoms with van der Waals surface area (Å²) in [6.07, 6.45) is 20.9. The van der Waals surface area contributed by atoms with Gasteiger partial charge in [-0.3, -0.25) is 9.59 Å². The highest BCUT2D eigenvalue weighted by molar-refractivity contribution is 5.79. The SMILES string of the molecule is COC(=O)C12CCCC3CC1CC(C14CC5CC(C(=O)N(C)C6CCC(c7ccccc7)CC6)CC(C1)C(C5)C4)(C3)C2. The number of carbonyl (C=O) groups is 2. The Morgan fingerprint density at radius 2 is 1.55 bits per heavy atom. The highest BCUT2D eigenvalue weighted by Gasteiger charge is 2.71. The summed E-state index contributed by atoms with van der Waals surface area (Å²) in [5.74, 6) is 5.00. The summed E-state index contributed by atoms with van der Waals surface area (Å²) in [5.41, 5.74) is 2.01. The van der Waals surface area contributed by atoms with Crippen LogP contribution < -0.4 is 0 Å². The quantitative estimate of drug-likeness (QED) is 0.335. The van der Waals surface area contributed by atoms with E-state index in [1.165, 1.54) is 76.2 Å². The third-order valence-electron chi connectivity index (χ3n) is 15.0. The van der Waals surface area contributed by atoms with Gasteiger partial charge in [-0.05, 0) is 148 Å². The summed E-state index contributed by atoms with van der Waals surface area (Å²) in [6, 6.07) is 11.4. The third-order valence-corrected chi connectivity index (χ3v) is 15.0. The maximum Gasteiger partial charge on any atom is 0.312 e. The number of esters is 1.